The van der Waals surface area contributed by atoms with Gasteiger partial charge < -0.3 is 10.1 Å². The minimum absolute atomic E-state index is 0.00434. The van der Waals surface area contributed by atoms with E-state index < -0.39 is 4.92 Å². The first-order chi connectivity index (χ1) is 9.58. The molecular weight excluding hydrogens is 260 g/mol. The lowest BCUT2D eigenvalue weighted by Gasteiger charge is -2.07. The number of hydrogen-bond donors (Lipinski definition) is 1. The summed E-state index contributed by atoms with van der Waals surface area (Å²) >= 11 is 0. The van der Waals surface area contributed by atoms with Gasteiger partial charge in [0.2, 0.25) is 0 Å². The molecule has 0 bridgehead atoms. The molecule has 0 aliphatic carbocycles. The van der Waals surface area contributed by atoms with Crippen LogP contribution in [0.4, 0.5) is 11.4 Å². The van der Waals surface area contributed by atoms with Crippen molar-refractivity contribution in [1.29, 1.82) is 0 Å². The van der Waals surface area contributed by atoms with E-state index in [4.69, 9.17) is 4.74 Å². The fourth-order valence-electron chi connectivity index (χ4n) is 1.84. The molecule has 1 heterocycles. The van der Waals surface area contributed by atoms with E-state index in [9.17, 15) is 10.1 Å². The maximum Gasteiger partial charge on any atom is 0.275 e. The van der Waals surface area contributed by atoms with Gasteiger partial charge in [0.1, 0.15) is 5.75 Å². The van der Waals surface area contributed by atoms with Crippen molar-refractivity contribution in [3.8, 4) is 5.75 Å². The van der Waals surface area contributed by atoms with Crippen molar-refractivity contribution in [2.45, 2.75) is 6.42 Å². The van der Waals surface area contributed by atoms with Crippen molar-refractivity contribution < 1.29 is 9.66 Å². The first-order valence-electron chi connectivity index (χ1n) is 6.14. The van der Waals surface area contributed by atoms with Crippen LogP contribution in [-0.2, 0) is 13.5 Å². The Hall–Kier alpha value is -2.57. The standard InChI is InChI=1S/C13H16N4O3/c1-16-6-4-10(15-16)3-5-14-11-7-12(17(18)19)9-13(8-11)20-2/h4,6-9,14H,3,5H2,1-2H3. The Balaban J connectivity index is 2.01. The number of aryl methyl sites for hydroxylation is 1. The number of anilines is 1. The van der Waals surface area contributed by atoms with E-state index in [-0.39, 0.29) is 5.69 Å². The number of hydrogen-bond acceptors (Lipinski definition) is 5. The van der Waals surface area contributed by atoms with E-state index >= 15 is 0 Å². The molecule has 0 atom stereocenters. The zero-order chi connectivity index (χ0) is 14.5. The van der Waals surface area contributed by atoms with Crippen molar-refractivity contribution in [3.63, 3.8) is 0 Å². The van der Waals surface area contributed by atoms with Crippen molar-refractivity contribution in [2.75, 3.05) is 19.0 Å². The van der Waals surface area contributed by atoms with Crippen LogP contribution in [0.15, 0.2) is 30.5 Å². The molecule has 0 amide bonds. The quantitative estimate of drug-likeness (QED) is 0.644. The third kappa shape index (κ3) is 3.47. The number of nitro benzene ring substituents is 1. The van der Waals surface area contributed by atoms with Gasteiger partial charge in [0.05, 0.1) is 23.8 Å². The van der Waals surface area contributed by atoms with Gasteiger partial charge in [-0.25, -0.2) is 0 Å². The van der Waals surface area contributed by atoms with Gasteiger partial charge in [-0.05, 0) is 6.07 Å². The van der Waals surface area contributed by atoms with Crippen LogP contribution in [0.5, 0.6) is 5.75 Å². The van der Waals surface area contributed by atoms with Crippen LogP contribution in [-0.4, -0.2) is 28.4 Å². The molecule has 0 spiro atoms. The summed E-state index contributed by atoms with van der Waals surface area (Å²) in [7, 11) is 3.35. The third-order valence-corrected chi connectivity index (χ3v) is 2.82. The summed E-state index contributed by atoms with van der Waals surface area (Å²) in [6.07, 6.45) is 2.62. The maximum atomic E-state index is 10.8. The average molecular weight is 276 g/mol. The van der Waals surface area contributed by atoms with Crippen LogP contribution in [0.1, 0.15) is 5.69 Å². The van der Waals surface area contributed by atoms with Crippen LogP contribution in [0, 0.1) is 10.1 Å². The Morgan fingerprint density at radius 1 is 1.45 bits per heavy atom. The predicted octanol–water partition coefficient (Wildman–Crippen LogP) is 1.99. The summed E-state index contributed by atoms with van der Waals surface area (Å²) in [6, 6.07) is 6.55. The van der Waals surface area contributed by atoms with Crippen LogP contribution < -0.4 is 10.1 Å². The van der Waals surface area contributed by atoms with E-state index in [1.807, 2.05) is 19.3 Å². The lowest BCUT2D eigenvalue weighted by molar-refractivity contribution is -0.384. The Labute approximate surface area is 116 Å². The second-order valence-electron chi connectivity index (χ2n) is 4.33. The highest BCUT2D eigenvalue weighted by Crippen LogP contribution is 2.25. The molecule has 7 nitrogen and oxygen atoms in total. The molecule has 0 saturated carbocycles. The second-order valence-corrected chi connectivity index (χ2v) is 4.33. The molecule has 20 heavy (non-hydrogen) atoms. The summed E-state index contributed by atoms with van der Waals surface area (Å²) in [5.74, 6) is 0.458. The van der Waals surface area contributed by atoms with E-state index in [1.54, 1.807) is 10.7 Å². The molecule has 0 radical (unpaired) electrons. The topological polar surface area (TPSA) is 82.2 Å². The van der Waals surface area contributed by atoms with Gasteiger partial charge in [-0.2, -0.15) is 5.10 Å². The van der Waals surface area contributed by atoms with Gasteiger partial charge >= 0.3 is 0 Å². The van der Waals surface area contributed by atoms with Crippen molar-refractivity contribution in [2.24, 2.45) is 7.05 Å². The molecule has 7 heteroatoms. The number of benzene rings is 1. The van der Waals surface area contributed by atoms with Crippen molar-refractivity contribution in [1.82, 2.24) is 9.78 Å². The van der Waals surface area contributed by atoms with Gasteiger partial charge in [-0.3, -0.25) is 14.8 Å². The zero-order valence-corrected chi connectivity index (χ0v) is 11.4. The van der Waals surface area contributed by atoms with Crippen LogP contribution >= 0.6 is 0 Å². The fraction of sp³-hybridized carbons (Fsp3) is 0.308. The molecule has 2 aromatic rings. The highest BCUT2D eigenvalue weighted by molar-refractivity contribution is 5.56. The summed E-state index contributed by atoms with van der Waals surface area (Å²) < 4.78 is 6.80. The molecule has 1 N–H and O–H groups in total. The maximum absolute atomic E-state index is 10.8. The number of nitrogens with one attached hydrogen (secondary N) is 1. The third-order valence-electron chi connectivity index (χ3n) is 2.82. The van der Waals surface area contributed by atoms with Crippen molar-refractivity contribution >= 4 is 11.4 Å². The van der Waals surface area contributed by atoms with Crippen LogP contribution in [0.3, 0.4) is 0 Å². The molecule has 0 aliphatic rings. The number of nitro groups is 1. The summed E-state index contributed by atoms with van der Waals surface area (Å²) in [6.45, 7) is 0.640. The first kappa shape index (κ1) is 13.9. The normalized spacial score (nSPS) is 10.3. The highest BCUT2D eigenvalue weighted by atomic mass is 16.6. The number of methoxy groups -OCH3 is 1. The Morgan fingerprint density at radius 2 is 2.25 bits per heavy atom. The molecule has 0 fully saturated rings. The minimum atomic E-state index is -0.438. The minimum Gasteiger partial charge on any atom is -0.496 e. The predicted molar refractivity (Wildman–Crippen MR) is 75.1 cm³/mol. The number of non-ortho nitro benzene ring substituents is 1. The zero-order valence-electron chi connectivity index (χ0n) is 11.4. The fourth-order valence-corrected chi connectivity index (χ4v) is 1.84. The Kier molecular flexibility index (Phi) is 4.19. The first-order valence-corrected chi connectivity index (χ1v) is 6.14. The number of aromatic nitrogens is 2. The number of rotatable bonds is 6. The Morgan fingerprint density at radius 3 is 2.85 bits per heavy atom. The number of nitrogens with zero attached hydrogens (tertiary/aromatic N) is 3. The van der Waals surface area contributed by atoms with Gasteiger partial charge in [0.15, 0.2) is 0 Å². The molecule has 106 valence electrons. The summed E-state index contributed by atoms with van der Waals surface area (Å²) in [5.41, 5.74) is 1.63. The van der Waals surface area contributed by atoms with E-state index in [0.29, 0.717) is 18.0 Å². The van der Waals surface area contributed by atoms with Crippen molar-refractivity contribution in [3.05, 3.63) is 46.3 Å². The SMILES string of the molecule is COc1cc(NCCc2ccn(C)n2)cc([N+](=O)[O-])c1. The molecule has 1 aromatic carbocycles. The Bertz CT molecular complexity index is 609. The van der Waals surface area contributed by atoms with Crippen LogP contribution in [0.2, 0.25) is 0 Å². The summed E-state index contributed by atoms with van der Waals surface area (Å²) in [5, 5.41) is 18.2. The van der Waals surface area contributed by atoms with Gasteiger partial charge in [0.25, 0.3) is 5.69 Å². The smallest absolute Gasteiger partial charge is 0.275 e. The lowest BCUT2D eigenvalue weighted by atomic mass is 10.2. The van der Waals surface area contributed by atoms with Gasteiger partial charge in [0, 0.05) is 44.0 Å². The molecule has 0 saturated heterocycles. The largest absolute Gasteiger partial charge is 0.496 e. The molecular formula is C13H16N4O3. The lowest BCUT2D eigenvalue weighted by Crippen LogP contribution is -2.06. The number of ether oxygens (including phenoxy) is 1. The second kappa shape index (κ2) is 6.05. The van der Waals surface area contributed by atoms with Gasteiger partial charge in [-0.1, -0.05) is 0 Å². The molecule has 2 rings (SSSR count). The monoisotopic (exact) mass is 276 g/mol. The van der Waals surface area contributed by atoms with Gasteiger partial charge in [-0.15, -0.1) is 0 Å². The van der Waals surface area contributed by atoms with Crippen LogP contribution in [0.25, 0.3) is 0 Å². The summed E-state index contributed by atoms with van der Waals surface area (Å²) in [4.78, 5) is 10.4. The van der Waals surface area contributed by atoms with E-state index in [1.165, 1.54) is 19.2 Å². The molecule has 0 aliphatic heterocycles. The average Bonchev–Trinajstić information content (AvgIpc) is 2.84. The highest BCUT2D eigenvalue weighted by Gasteiger charge is 2.10. The molecule has 0 unspecified atom stereocenters. The van der Waals surface area contributed by atoms with E-state index in [0.717, 1.165) is 12.1 Å². The van der Waals surface area contributed by atoms with E-state index in [2.05, 4.69) is 10.4 Å². The molecule has 1 aromatic heterocycles.